The highest BCUT2D eigenvalue weighted by Crippen LogP contribution is 2.25. The quantitative estimate of drug-likeness (QED) is 0.631. The van der Waals surface area contributed by atoms with Crippen LogP contribution in [0.3, 0.4) is 0 Å². The molecule has 7 heteroatoms. The lowest BCUT2D eigenvalue weighted by molar-refractivity contribution is 0.429. The summed E-state index contributed by atoms with van der Waals surface area (Å²) in [4.78, 5) is 4.30. The summed E-state index contributed by atoms with van der Waals surface area (Å²) in [5.41, 5.74) is 6.87. The Morgan fingerprint density at radius 1 is 1.35 bits per heavy atom. The molecule has 2 rings (SSSR count). The van der Waals surface area contributed by atoms with Gasteiger partial charge in [-0.1, -0.05) is 0 Å². The first-order valence-corrected chi connectivity index (χ1v) is 5.67. The molecular weight excluding hydrogens is 238 g/mol. The maximum Gasteiger partial charge on any atom is 0.282 e. The molecule has 0 saturated carbocycles. The number of aromatic nitrogens is 3. The van der Waals surface area contributed by atoms with Crippen LogP contribution in [-0.4, -0.2) is 21.0 Å². The van der Waals surface area contributed by atoms with E-state index in [1.54, 1.807) is 19.1 Å². The second-order valence-electron chi connectivity index (χ2n) is 3.44. The minimum atomic E-state index is 0.0130. The summed E-state index contributed by atoms with van der Waals surface area (Å²) in [5, 5.41) is 16.1. The van der Waals surface area contributed by atoms with E-state index < -0.39 is 0 Å². The highest BCUT2D eigenvalue weighted by Gasteiger charge is 2.08. The molecule has 0 spiro atoms. The molecule has 0 radical (unpaired) electrons. The molecule has 2 heterocycles. The molecular formula is C10H11N5OS. The molecule has 0 unspecified atom stereocenters. The first-order chi connectivity index (χ1) is 8.04. The molecule has 0 aliphatic heterocycles. The van der Waals surface area contributed by atoms with E-state index in [9.17, 15) is 0 Å². The van der Waals surface area contributed by atoms with Gasteiger partial charge in [-0.2, -0.15) is 0 Å². The van der Waals surface area contributed by atoms with E-state index in [1.807, 2.05) is 6.92 Å². The molecule has 0 fully saturated rings. The molecule has 0 saturated heterocycles. The van der Waals surface area contributed by atoms with Crippen molar-refractivity contribution in [2.45, 2.75) is 24.1 Å². The summed E-state index contributed by atoms with van der Waals surface area (Å²) in [6.07, 6.45) is 0. The Kier molecular flexibility index (Phi) is 3.10. The molecule has 0 amide bonds. The fourth-order valence-corrected chi connectivity index (χ4v) is 2.05. The van der Waals surface area contributed by atoms with Crippen LogP contribution in [-0.2, 0) is 0 Å². The summed E-state index contributed by atoms with van der Waals surface area (Å²) in [6.45, 7) is 3.57. The second kappa shape index (κ2) is 4.54. The zero-order chi connectivity index (χ0) is 12.4. The lowest BCUT2D eigenvalue weighted by Crippen LogP contribution is -2.11. The number of amidine groups is 1. The number of aryl methyl sites for hydroxylation is 2. The Balaban J connectivity index is 2.29. The van der Waals surface area contributed by atoms with Crippen LogP contribution in [0.25, 0.3) is 0 Å². The number of nitrogen functional groups attached to an aromatic ring is 1. The van der Waals surface area contributed by atoms with Gasteiger partial charge in [0.05, 0.1) is 0 Å². The van der Waals surface area contributed by atoms with Crippen LogP contribution in [0.1, 0.15) is 17.1 Å². The van der Waals surface area contributed by atoms with Crippen molar-refractivity contribution in [2.75, 3.05) is 0 Å². The molecule has 88 valence electrons. The minimum Gasteiger partial charge on any atom is -0.416 e. The third kappa shape index (κ3) is 2.82. The average molecular weight is 249 g/mol. The lowest BCUT2D eigenvalue weighted by atomic mass is 10.2. The van der Waals surface area contributed by atoms with E-state index in [1.165, 1.54) is 11.8 Å². The zero-order valence-corrected chi connectivity index (χ0v) is 10.2. The van der Waals surface area contributed by atoms with Crippen molar-refractivity contribution in [1.29, 1.82) is 5.41 Å². The van der Waals surface area contributed by atoms with E-state index >= 15 is 0 Å². The molecule has 17 heavy (non-hydrogen) atoms. The number of nitrogens with two attached hydrogens (primary N) is 1. The van der Waals surface area contributed by atoms with Crippen LogP contribution in [0.4, 0.5) is 0 Å². The molecule has 0 bridgehead atoms. The molecule has 3 N–H and O–H groups in total. The van der Waals surface area contributed by atoms with Gasteiger partial charge in [0.15, 0.2) is 0 Å². The lowest BCUT2D eigenvalue weighted by Gasteiger charge is -2.03. The fourth-order valence-electron chi connectivity index (χ4n) is 1.26. The Morgan fingerprint density at radius 2 is 2.12 bits per heavy atom. The summed E-state index contributed by atoms with van der Waals surface area (Å²) in [6, 6.07) is 3.48. The van der Waals surface area contributed by atoms with Gasteiger partial charge in [0, 0.05) is 18.2 Å². The maximum atomic E-state index is 7.40. The normalized spacial score (nSPS) is 10.5. The second-order valence-corrected chi connectivity index (χ2v) is 4.41. The van der Waals surface area contributed by atoms with Gasteiger partial charge in [0.25, 0.3) is 5.22 Å². The van der Waals surface area contributed by atoms with Gasteiger partial charge in [-0.25, -0.2) is 4.98 Å². The van der Waals surface area contributed by atoms with Crippen LogP contribution in [0.2, 0.25) is 0 Å². The van der Waals surface area contributed by atoms with E-state index in [2.05, 4.69) is 15.2 Å². The summed E-state index contributed by atoms with van der Waals surface area (Å²) in [7, 11) is 0. The zero-order valence-electron chi connectivity index (χ0n) is 9.39. The van der Waals surface area contributed by atoms with E-state index in [0.29, 0.717) is 21.7 Å². The number of hydrogen-bond acceptors (Lipinski definition) is 6. The average Bonchev–Trinajstić information content (AvgIpc) is 2.63. The Hall–Kier alpha value is -1.89. The van der Waals surface area contributed by atoms with Gasteiger partial charge in [-0.3, -0.25) is 5.41 Å². The van der Waals surface area contributed by atoms with Crippen molar-refractivity contribution >= 4 is 17.6 Å². The molecule has 0 aliphatic carbocycles. The predicted molar refractivity (Wildman–Crippen MR) is 63.1 cm³/mol. The smallest absolute Gasteiger partial charge is 0.282 e. The Morgan fingerprint density at radius 3 is 2.71 bits per heavy atom. The number of hydrogen-bond donors (Lipinski definition) is 2. The first kappa shape index (κ1) is 11.6. The standard InChI is InChI=1S/C10H11N5OS/c1-5-3-7(9(11)12)4-8(13-5)17-10-15-14-6(2)16-10/h3-4H,1-2H3,(H3,11,12). The SMILES string of the molecule is Cc1cc(C(=N)N)cc(Sc2nnc(C)o2)n1. The van der Waals surface area contributed by atoms with Gasteiger partial charge >= 0.3 is 0 Å². The molecule has 2 aromatic rings. The van der Waals surface area contributed by atoms with Crippen molar-refractivity contribution in [3.05, 3.63) is 29.3 Å². The van der Waals surface area contributed by atoms with E-state index in [0.717, 1.165) is 5.69 Å². The maximum absolute atomic E-state index is 7.40. The van der Waals surface area contributed by atoms with E-state index in [-0.39, 0.29) is 5.84 Å². The number of nitrogens with one attached hydrogen (secondary N) is 1. The molecule has 0 aliphatic rings. The van der Waals surface area contributed by atoms with E-state index in [4.69, 9.17) is 15.6 Å². The van der Waals surface area contributed by atoms with Crippen LogP contribution in [0.15, 0.2) is 26.8 Å². The summed E-state index contributed by atoms with van der Waals surface area (Å²) >= 11 is 1.25. The fraction of sp³-hybridized carbons (Fsp3) is 0.200. The van der Waals surface area contributed by atoms with Crippen molar-refractivity contribution < 1.29 is 4.42 Å². The monoisotopic (exact) mass is 249 g/mol. The van der Waals surface area contributed by atoms with Crippen molar-refractivity contribution in [3.63, 3.8) is 0 Å². The van der Waals surface area contributed by atoms with Crippen molar-refractivity contribution in [2.24, 2.45) is 5.73 Å². The largest absolute Gasteiger partial charge is 0.416 e. The highest BCUT2D eigenvalue weighted by atomic mass is 32.2. The third-order valence-corrected chi connectivity index (χ3v) is 2.70. The van der Waals surface area contributed by atoms with Crippen LogP contribution < -0.4 is 5.73 Å². The molecule has 0 atom stereocenters. The Bertz CT molecular complexity index is 566. The first-order valence-electron chi connectivity index (χ1n) is 4.85. The molecule has 2 aromatic heterocycles. The molecule has 6 nitrogen and oxygen atoms in total. The summed E-state index contributed by atoms with van der Waals surface area (Å²) < 4.78 is 5.24. The van der Waals surface area contributed by atoms with Gasteiger partial charge in [-0.05, 0) is 30.8 Å². The van der Waals surface area contributed by atoms with Gasteiger partial charge in [0.2, 0.25) is 5.89 Å². The highest BCUT2D eigenvalue weighted by molar-refractivity contribution is 7.99. The number of nitrogens with zero attached hydrogens (tertiary/aromatic N) is 3. The summed E-state index contributed by atoms with van der Waals surface area (Å²) in [5.74, 6) is 0.519. The Labute approximate surface area is 102 Å². The number of pyridine rings is 1. The van der Waals surface area contributed by atoms with Gasteiger partial charge in [-0.15, -0.1) is 10.2 Å². The van der Waals surface area contributed by atoms with Gasteiger partial charge in [0.1, 0.15) is 10.9 Å². The van der Waals surface area contributed by atoms with Crippen molar-refractivity contribution in [1.82, 2.24) is 15.2 Å². The van der Waals surface area contributed by atoms with Crippen LogP contribution in [0, 0.1) is 19.3 Å². The topological polar surface area (TPSA) is 102 Å². The third-order valence-electron chi connectivity index (χ3n) is 1.94. The predicted octanol–water partition coefficient (Wildman–Crippen LogP) is 1.52. The van der Waals surface area contributed by atoms with Crippen molar-refractivity contribution in [3.8, 4) is 0 Å². The molecule has 0 aromatic carbocycles. The van der Waals surface area contributed by atoms with Gasteiger partial charge < -0.3 is 10.2 Å². The van der Waals surface area contributed by atoms with Crippen LogP contribution >= 0.6 is 11.8 Å². The minimum absolute atomic E-state index is 0.0130. The number of rotatable bonds is 3. The van der Waals surface area contributed by atoms with Crippen LogP contribution in [0.5, 0.6) is 0 Å².